The third-order valence-corrected chi connectivity index (χ3v) is 2.73. The van der Waals surface area contributed by atoms with Gasteiger partial charge in [-0.25, -0.2) is 4.39 Å². The van der Waals surface area contributed by atoms with Crippen LogP contribution in [-0.4, -0.2) is 19.6 Å². The predicted octanol–water partition coefficient (Wildman–Crippen LogP) is 3.18. The molecule has 0 amide bonds. The molecule has 0 radical (unpaired) electrons. The molecule has 1 aromatic rings. The second-order valence-electron chi connectivity index (χ2n) is 5.05. The van der Waals surface area contributed by atoms with Crippen molar-refractivity contribution in [1.29, 1.82) is 0 Å². The first-order valence-electron chi connectivity index (χ1n) is 6.58. The molecule has 1 aromatic carbocycles. The molecule has 0 unspecified atom stereocenters. The summed E-state index contributed by atoms with van der Waals surface area (Å²) in [5, 5.41) is 6.11. The van der Waals surface area contributed by atoms with Crippen molar-refractivity contribution in [2.45, 2.75) is 26.6 Å². The van der Waals surface area contributed by atoms with Gasteiger partial charge >= 0.3 is 6.18 Å². The van der Waals surface area contributed by atoms with Gasteiger partial charge in [0, 0.05) is 25.2 Å². The van der Waals surface area contributed by atoms with Crippen molar-refractivity contribution in [1.82, 2.24) is 10.6 Å². The van der Waals surface area contributed by atoms with Gasteiger partial charge in [0.05, 0.1) is 5.56 Å². The molecule has 0 bridgehead atoms. The van der Waals surface area contributed by atoms with Gasteiger partial charge in [0.15, 0.2) is 0 Å². The molecule has 20 heavy (non-hydrogen) atoms. The number of rotatable bonds is 7. The average Bonchev–Trinajstić information content (AvgIpc) is 2.33. The van der Waals surface area contributed by atoms with E-state index in [2.05, 4.69) is 24.5 Å². The van der Waals surface area contributed by atoms with Crippen LogP contribution in [0.5, 0.6) is 0 Å². The largest absolute Gasteiger partial charge is 0.419 e. The number of halogens is 4. The molecule has 0 spiro atoms. The number of hydrogen-bond acceptors (Lipinski definition) is 2. The van der Waals surface area contributed by atoms with Crippen LogP contribution in [0.15, 0.2) is 18.2 Å². The van der Waals surface area contributed by atoms with Gasteiger partial charge in [-0.05, 0) is 18.5 Å². The number of nitrogens with one attached hydrogen (secondary N) is 2. The van der Waals surface area contributed by atoms with Crippen LogP contribution in [0, 0.1) is 11.7 Å². The lowest BCUT2D eigenvalue weighted by atomic mass is 10.1. The molecular weight excluding hydrogens is 272 g/mol. The smallest absolute Gasteiger partial charge is 0.315 e. The fraction of sp³-hybridized carbons (Fsp3) is 0.571. The molecule has 2 N–H and O–H groups in total. The highest BCUT2D eigenvalue weighted by molar-refractivity contribution is 5.28. The number of benzene rings is 1. The third kappa shape index (κ3) is 5.46. The molecule has 2 nitrogen and oxygen atoms in total. The van der Waals surface area contributed by atoms with Gasteiger partial charge < -0.3 is 10.6 Å². The second kappa shape index (κ2) is 7.59. The lowest BCUT2D eigenvalue weighted by molar-refractivity contribution is -0.140. The molecule has 0 atom stereocenters. The molecule has 1 rings (SSSR count). The predicted molar refractivity (Wildman–Crippen MR) is 70.8 cm³/mol. The Morgan fingerprint density at radius 1 is 1.10 bits per heavy atom. The Morgan fingerprint density at radius 3 is 2.35 bits per heavy atom. The van der Waals surface area contributed by atoms with E-state index < -0.39 is 17.6 Å². The van der Waals surface area contributed by atoms with E-state index in [1.54, 1.807) is 0 Å². The summed E-state index contributed by atoms with van der Waals surface area (Å²) in [7, 11) is 0. The Labute approximate surface area is 116 Å². The maximum Gasteiger partial charge on any atom is 0.419 e. The first kappa shape index (κ1) is 16.9. The quantitative estimate of drug-likeness (QED) is 0.596. The number of hydrogen-bond donors (Lipinski definition) is 2. The zero-order valence-electron chi connectivity index (χ0n) is 11.6. The maximum absolute atomic E-state index is 13.7. The van der Waals surface area contributed by atoms with Crippen molar-refractivity contribution < 1.29 is 17.6 Å². The van der Waals surface area contributed by atoms with Crippen LogP contribution >= 0.6 is 0 Å². The molecule has 0 saturated heterocycles. The van der Waals surface area contributed by atoms with Gasteiger partial charge in [-0.2, -0.15) is 13.2 Å². The van der Waals surface area contributed by atoms with E-state index in [-0.39, 0.29) is 12.1 Å². The monoisotopic (exact) mass is 292 g/mol. The highest BCUT2D eigenvalue weighted by atomic mass is 19.4. The Hall–Kier alpha value is -1.14. The van der Waals surface area contributed by atoms with Crippen molar-refractivity contribution >= 4 is 0 Å². The van der Waals surface area contributed by atoms with Crippen LogP contribution in [0.1, 0.15) is 25.0 Å². The molecule has 114 valence electrons. The topological polar surface area (TPSA) is 24.1 Å². The van der Waals surface area contributed by atoms with Gasteiger partial charge in [-0.1, -0.05) is 26.0 Å². The van der Waals surface area contributed by atoms with Crippen LogP contribution in [0.2, 0.25) is 0 Å². The zero-order chi connectivity index (χ0) is 15.2. The van der Waals surface area contributed by atoms with Gasteiger partial charge in [0.2, 0.25) is 0 Å². The van der Waals surface area contributed by atoms with Gasteiger partial charge in [0.1, 0.15) is 5.82 Å². The van der Waals surface area contributed by atoms with Gasteiger partial charge in [0.25, 0.3) is 0 Å². The molecule has 0 saturated carbocycles. The highest BCUT2D eigenvalue weighted by Gasteiger charge is 2.34. The molecule has 0 aromatic heterocycles. The van der Waals surface area contributed by atoms with E-state index in [1.165, 1.54) is 12.1 Å². The molecule has 0 fully saturated rings. The van der Waals surface area contributed by atoms with Gasteiger partial charge in [-0.15, -0.1) is 0 Å². The minimum Gasteiger partial charge on any atom is -0.315 e. The Bertz CT molecular complexity index is 416. The van der Waals surface area contributed by atoms with E-state index in [9.17, 15) is 17.6 Å². The lowest BCUT2D eigenvalue weighted by Crippen LogP contribution is -2.29. The summed E-state index contributed by atoms with van der Waals surface area (Å²) in [6, 6.07) is 3.34. The zero-order valence-corrected chi connectivity index (χ0v) is 11.6. The maximum atomic E-state index is 13.7. The Kier molecular flexibility index (Phi) is 6.42. The minimum atomic E-state index is -4.65. The molecule has 0 heterocycles. The summed E-state index contributed by atoms with van der Waals surface area (Å²) in [4.78, 5) is 0. The molecule has 0 aliphatic rings. The average molecular weight is 292 g/mol. The summed E-state index contributed by atoms with van der Waals surface area (Å²) in [6.07, 6.45) is -4.65. The molecular formula is C14H20F4N2. The van der Waals surface area contributed by atoms with Crippen molar-refractivity contribution in [3.8, 4) is 0 Å². The van der Waals surface area contributed by atoms with Crippen LogP contribution in [-0.2, 0) is 12.7 Å². The van der Waals surface area contributed by atoms with E-state index in [0.717, 1.165) is 12.6 Å². The summed E-state index contributed by atoms with van der Waals surface area (Å²) in [5.41, 5.74) is -1.18. The van der Waals surface area contributed by atoms with E-state index >= 15 is 0 Å². The van der Waals surface area contributed by atoms with Crippen molar-refractivity contribution in [2.24, 2.45) is 5.92 Å². The second-order valence-corrected chi connectivity index (χ2v) is 5.05. The van der Waals surface area contributed by atoms with Crippen molar-refractivity contribution in [3.63, 3.8) is 0 Å². The summed E-state index contributed by atoms with van der Waals surface area (Å²) in [5.74, 6) is -0.654. The number of alkyl halides is 3. The third-order valence-electron chi connectivity index (χ3n) is 2.73. The van der Waals surface area contributed by atoms with Crippen LogP contribution in [0.4, 0.5) is 17.6 Å². The molecule has 6 heteroatoms. The standard InChI is InChI=1S/C14H20F4N2/c1-10(2)8-19-6-7-20-9-11-4-3-5-12(13(11)15)14(16,17)18/h3-5,10,19-20H,6-9H2,1-2H3. The normalized spacial score (nSPS) is 12.2. The first-order valence-corrected chi connectivity index (χ1v) is 6.58. The van der Waals surface area contributed by atoms with E-state index in [4.69, 9.17) is 0 Å². The minimum absolute atomic E-state index is 0.0312. The van der Waals surface area contributed by atoms with Crippen molar-refractivity contribution in [3.05, 3.63) is 35.1 Å². The van der Waals surface area contributed by atoms with Crippen LogP contribution in [0.25, 0.3) is 0 Å². The summed E-state index contributed by atoms with van der Waals surface area (Å²) >= 11 is 0. The fourth-order valence-corrected chi connectivity index (χ4v) is 1.73. The van der Waals surface area contributed by atoms with Gasteiger partial charge in [-0.3, -0.25) is 0 Å². The van der Waals surface area contributed by atoms with Crippen molar-refractivity contribution in [2.75, 3.05) is 19.6 Å². The SMILES string of the molecule is CC(C)CNCCNCc1cccc(C(F)(F)F)c1F. The lowest BCUT2D eigenvalue weighted by Gasteiger charge is -2.12. The highest BCUT2D eigenvalue weighted by Crippen LogP contribution is 2.32. The van der Waals surface area contributed by atoms with Crippen LogP contribution < -0.4 is 10.6 Å². The molecule has 0 aliphatic heterocycles. The first-order chi connectivity index (χ1) is 9.32. The Morgan fingerprint density at radius 2 is 1.75 bits per heavy atom. The Balaban J connectivity index is 2.45. The summed E-state index contributed by atoms with van der Waals surface area (Å²) in [6.45, 7) is 6.39. The van der Waals surface area contributed by atoms with E-state index in [1.807, 2.05) is 0 Å². The molecule has 0 aliphatic carbocycles. The fourth-order valence-electron chi connectivity index (χ4n) is 1.73. The van der Waals surface area contributed by atoms with Crippen LogP contribution in [0.3, 0.4) is 0 Å². The summed E-state index contributed by atoms with van der Waals surface area (Å²) < 4.78 is 51.2. The van der Waals surface area contributed by atoms with E-state index in [0.29, 0.717) is 19.0 Å².